The van der Waals surface area contributed by atoms with Gasteiger partial charge in [-0.05, 0) is 62.4 Å². The number of nitrogens with zero attached hydrogens (tertiary/aromatic N) is 2. The topological polar surface area (TPSA) is 81.8 Å². The minimum absolute atomic E-state index is 0.104. The molecule has 0 bridgehead atoms. The number of rotatable bonds is 3. The molecule has 154 valence electrons. The molecule has 1 aromatic rings. The van der Waals surface area contributed by atoms with Crippen molar-refractivity contribution in [2.75, 3.05) is 19.6 Å². The number of carbonyl (C=O) groups is 3. The molecule has 1 spiro atoms. The molecule has 7 heteroatoms. The van der Waals surface area contributed by atoms with Crippen molar-refractivity contribution in [1.82, 2.24) is 20.4 Å². The van der Waals surface area contributed by atoms with E-state index < -0.39 is 6.04 Å². The summed E-state index contributed by atoms with van der Waals surface area (Å²) in [5, 5.41) is 6.09. The summed E-state index contributed by atoms with van der Waals surface area (Å²) in [6, 6.07) is 5.54. The van der Waals surface area contributed by atoms with Gasteiger partial charge in [-0.1, -0.05) is 12.1 Å². The van der Waals surface area contributed by atoms with Crippen LogP contribution in [-0.4, -0.2) is 58.7 Å². The van der Waals surface area contributed by atoms with Crippen molar-refractivity contribution in [3.63, 3.8) is 0 Å². The number of fused-ring (bicyclic) bond motifs is 1. The van der Waals surface area contributed by atoms with Gasteiger partial charge in [0.15, 0.2) is 0 Å². The number of piperidine rings is 2. The lowest BCUT2D eigenvalue weighted by Gasteiger charge is -2.40. The standard InChI is InChI=1S/C22H28N4O3/c27-19-6-5-18(20(28)24-19)26-13-16-11-15(3-4-17(16)21(26)29)12-25-10-2-8-22(14-25)7-1-9-23-22/h3-4,11,18,23H,1-2,5-10,12-14H2,(H,24,27,28). The zero-order chi connectivity index (χ0) is 20.0. The van der Waals surface area contributed by atoms with E-state index in [-0.39, 0.29) is 24.1 Å². The molecule has 2 atom stereocenters. The summed E-state index contributed by atoms with van der Waals surface area (Å²) in [5.74, 6) is -0.716. The second-order valence-corrected chi connectivity index (χ2v) is 9.02. The van der Waals surface area contributed by atoms with Crippen LogP contribution in [0.15, 0.2) is 18.2 Å². The summed E-state index contributed by atoms with van der Waals surface area (Å²) in [6.45, 7) is 4.67. The smallest absolute Gasteiger partial charge is 0.255 e. The molecular formula is C22H28N4O3. The fraction of sp³-hybridized carbons (Fsp3) is 0.591. The van der Waals surface area contributed by atoms with Crippen LogP contribution in [0.5, 0.6) is 0 Å². The average Bonchev–Trinajstić information content (AvgIpc) is 3.26. The highest BCUT2D eigenvalue weighted by molar-refractivity contribution is 6.05. The van der Waals surface area contributed by atoms with Gasteiger partial charge in [-0.2, -0.15) is 0 Å². The molecule has 2 unspecified atom stereocenters. The fourth-order valence-electron chi connectivity index (χ4n) is 5.56. The highest BCUT2D eigenvalue weighted by Gasteiger charge is 2.40. The first-order valence-corrected chi connectivity index (χ1v) is 10.8. The van der Waals surface area contributed by atoms with Crippen molar-refractivity contribution in [2.24, 2.45) is 0 Å². The molecule has 4 heterocycles. The number of nitrogens with one attached hydrogen (secondary N) is 2. The van der Waals surface area contributed by atoms with Crippen molar-refractivity contribution < 1.29 is 14.4 Å². The summed E-state index contributed by atoms with van der Waals surface area (Å²) in [4.78, 5) is 40.6. The van der Waals surface area contributed by atoms with Gasteiger partial charge in [0.05, 0.1) is 0 Å². The van der Waals surface area contributed by atoms with Crippen molar-refractivity contribution >= 4 is 17.7 Å². The number of imide groups is 1. The van der Waals surface area contributed by atoms with E-state index in [1.165, 1.54) is 31.2 Å². The van der Waals surface area contributed by atoms with Gasteiger partial charge >= 0.3 is 0 Å². The first-order chi connectivity index (χ1) is 14.0. The quantitative estimate of drug-likeness (QED) is 0.750. The molecule has 4 aliphatic heterocycles. The molecule has 0 aromatic heterocycles. The first kappa shape index (κ1) is 18.8. The molecule has 3 amide bonds. The molecule has 29 heavy (non-hydrogen) atoms. The summed E-state index contributed by atoms with van der Waals surface area (Å²) >= 11 is 0. The number of carbonyl (C=O) groups excluding carboxylic acids is 3. The Morgan fingerprint density at radius 2 is 2.00 bits per heavy atom. The zero-order valence-electron chi connectivity index (χ0n) is 16.7. The van der Waals surface area contributed by atoms with Crippen LogP contribution in [0.1, 0.15) is 60.0 Å². The van der Waals surface area contributed by atoms with E-state index in [9.17, 15) is 14.4 Å². The Labute approximate surface area is 170 Å². The van der Waals surface area contributed by atoms with Crippen LogP contribution >= 0.6 is 0 Å². The van der Waals surface area contributed by atoms with Gasteiger partial charge in [-0.3, -0.25) is 24.6 Å². The number of benzene rings is 1. The highest BCUT2D eigenvalue weighted by Crippen LogP contribution is 2.32. The van der Waals surface area contributed by atoms with E-state index in [1.54, 1.807) is 4.90 Å². The number of hydrogen-bond donors (Lipinski definition) is 2. The SMILES string of the molecule is O=C1CCC(N2Cc3cc(CN4CCCC5(CCCN5)C4)ccc3C2=O)C(=O)N1. The summed E-state index contributed by atoms with van der Waals surface area (Å²) in [6.07, 6.45) is 5.71. The molecule has 5 rings (SSSR count). The van der Waals surface area contributed by atoms with Gasteiger partial charge in [-0.15, -0.1) is 0 Å². The summed E-state index contributed by atoms with van der Waals surface area (Å²) in [5.41, 5.74) is 3.19. The third-order valence-electron chi connectivity index (χ3n) is 6.98. The van der Waals surface area contributed by atoms with Gasteiger partial charge in [0.2, 0.25) is 11.8 Å². The van der Waals surface area contributed by atoms with Gasteiger partial charge in [-0.25, -0.2) is 0 Å². The lowest BCUT2D eigenvalue weighted by Crippen LogP contribution is -2.53. The summed E-state index contributed by atoms with van der Waals surface area (Å²) < 4.78 is 0. The van der Waals surface area contributed by atoms with E-state index in [1.807, 2.05) is 12.1 Å². The maximum atomic E-state index is 12.8. The van der Waals surface area contributed by atoms with Gasteiger partial charge < -0.3 is 10.2 Å². The van der Waals surface area contributed by atoms with Crippen LogP contribution in [0.25, 0.3) is 0 Å². The highest BCUT2D eigenvalue weighted by atomic mass is 16.2. The number of amides is 3. The van der Waals surface area contributed by atoms with Gasteiger partial charge in [0.25, 0.3) is 5.91 Å². The van der Waals surface area contributed by atoms with Crippen LogP contribution in [0, 0.1) is 0 Å². The molecule has 3 saturated heterocycles. The Kier molecular flexibility index (Phi) is 4.67. The molecule has 4 aliphatic rings. The second-order valence-electron chi connectivity index (χ2n) is 9.02. The minimum atomic E-state index is -0.550. The molecule has 0 aliphatic carbocycles. The Balaban J connectivity index is 1.28. The van der Waals surface area contributed by atoms with Crippen LogP contribution in [-0.2, 0) is 22.7 Å². The lowest BCUT2D eigenvalue weighted by molar-refractivity contribution is -0.136. The molecule has 7 nitrogen and oxygen atoms in total. The van der Waals surface area contributed by atoms with E-state index in [0.29, 0.717) is 24.1 Å². The third kappa shape index (κ3) is 3.46. The molecular weight excluding hydrogens is 368 g/mol. The maximum Gasteiger partial charge on any atom is 0.255 e. The van der Waals surface area contributed by atoms with Crippen molar-refractivity contribution in [3.8, 4) is 0 Å². The molecule has 0 radical (unpaired) electrons. The number of hydrogen-bond acceptors (Lipinski definition) is 5. The molecule has 1 aromatic carbocycles. The van der Waals surface area contributed by atoms with Gasteiger partial charge in [0.1, 0.15) is 6.04 Å². The summed E-state index contributed by atoms with van der Waals surface area (Å²) in [7, 11) is 0. The molecule has 0 saturated carbocycles. The van der Waals surface area contributed by atoms with E-state index in [2.05, 4.69) is 21.6 Å². The van der Waals surface area contributed by atoms with Crippen LogP contribution < -0.4 is 10.6 Å². The first-order valence-electron chi connectivity index (χ1n) is 10.8. The average molecular weight is 396 g/mol. The van der Waals surface area contributed by atoms with Crippen molar-refractivity contribution in [3.05, 3.63) is 34.9 Å². The fourth-order valence-corrected chi connectivity index (χ4v) is 5.56. The molecule has 3 fully saturated rings. The Morgan fingerprint density at radius 3 is 2.79 bits per heavy atom. The normalized spacial score (nSPS) is 30.1. The zero-order valence-corrected chi connectivity index (χ0v) is 16.7. The largest absolute Gasteiger partial charge is 0.322 e. The van der Waals surface area contributed by atoms with Crippen molar-refractivity contribution in [1.29, 1.82) is 0 Å². The van der Waals surface area contributed by atoms with Crippen LogP contribution in [0.4, 0.5) is 0 Å². The van der Waals surface area contributed by atoms with Gasteiger partial charge in [0, 0.05) is 37.2 Å². The lowest BCUT2D eigenvalue weighted by atomic mass is 9.87. The monoisotopic (exact) mass is 396 g/mol. The maximum absolute atomic E-state index is 12.8. The minimum Gasteiger partial charge on any atom is -0.322 e. The Bertz CT molecular complexity index is 862. The van der Waals surface area contributed by atoms with Crippen LogP contribution in [0.3, 0.4) is 0 Å². The predicted octanol–water partition coefficient (Wildman–Crippen LogP) is 1.17. The van der Waals surface area contributed by atoms with E-state index >= 15 is 0 Å². The Morgan fingerprint density at radius 1 is 1.14 bits per heavy atom. The second kappa shape index (κ2) is 7.22. The third-order valence-corrected chi connectivity index (χ3v) is 6.98. The van der Waals surface area contributed by atoms with Crippen molar-refractivity contribution in [2.45, 2.75) is 63.2 Å². The Hall–Kier alpha value is -2.25. The molecule has 2 N–H and O–H groups in total. The van der Waals surface area contributed by atoms with Crippen LogP contribution in [0.2, 0.25) is 0 Å². The van der Waals surface area contributed by atoms with E-state index in [4.69, 9.17) is 0 Å². The van der Waals surface area contributed by atoms with E-state index in [0.717, 1.165) is 31.7 Å². The number of likely N-dealkylation sites (tertiary alicyclic amines) is 1. The predicted molar refractivity (Wildman–Crippen MR) is 107 cm³/mol.